The maximum atomic E-state index is 12.4. The van der Waals surface area contributed by atoms with Crippen molar-refractivity contribution in [2.24, 2.45) is 11.0 Å². The number of hydrogen-bond donors (Lipinski definition) is 2. The summed E-state index contributed by atoms with van der Waals surface area (Å²) in [6, 6.07) is 19.4. The molecule has 1 aromatic heterocycles. The molecule has 2 atom stereocenters. The van der Waals surface area contributed by atoms with Gasteiger partial charge in [0.2, 0.25) is 5.91 Å². The topological polar surface area (TPSA) is 70.6 Å². The van der Waals surface area contributed by atoms with Crippen LogP contribution in [0.15, 0.2) is 71.1 Å². The van der Waals surface area contributed by atoms with Crippen LogP contribution in [-0.2, 0) is 4.79 Å². The molecule has 6 heteroatoms. The number of nitrogens with one attached hydrogen (secondary N) is 2. The lowest BCUT2D eigenvalue weighted by Crippen LogP contribution is -2.21. The van der Waals surface area contributed by atoms with E-state index in [0.29, 0.717) is 17.0 Å². The summed E-state index contributed by atoms with van der Waals surface area (Å²) in [6.45, 7) is 3.83. The molecule has 4 rings (SSSR count). The van der Waals surface area contributed by atoms with E-state index in [0.717, 1.165) is 16.9 Å². The fourth-order valence-electron chi connectivity index (χ4n) is 3.40. The van der Waals surface area contributed by atoms with Gasteiger partial charge in [0.25, 0.3) is 5.91 Å². The number of amides is 2. The van der Waals surface area contributed by atoms with Crippen LogP contribution in [0.3, 0.4) is 0 Å². The van der Waals surface area contributed by atoms with Crippen LogP contribution in [0.25, 0.3) is 0 Å². The van der Waals surface area contributed by atoms with Crippen molar-refractivity contribution < 1.29 is 9.59 Å². The highest BCUT2D eigenvalue weighted by Crippen LogP contribution is 2.47. The first-order valence-electron chi connectivity index (χ1n) is 9.87. The van der Waals surface area contributed by atoms with E-state index in [-0.39, 0.29) is 23.7 Å². The Morgan fingerprint density at radius 1 is 1.03 bits per heavy atom. The fraction of sp³-hybridized carbons (Fsp3) is 0.208. The first-order chi connectivity index (χ1) is 14.5. The Kier molecular flexibility index (Phi) is 5.77. The lowest BCUT2D eigenvalue weighted by Gasteiger charge is -2.06. The van der Waals surface area contributed by atoms with Crippen molar-refractivity contribution in [2.45, 2.75) is 26.2 Å². The molecule has 2 aromatic carbocycles. The monoisotopic (exact) mass is 417 g/mol. The average molecular weight is 418 g/mol. The number of thiophene rings is 1. The summed E-state index contributed by atoms with van der Waals surface area (Å²) in [7, 11) is 0. The van der Waals surface area contributed by atoms with Crippen molar-refractivity contribution in [1.29, 1.82) is 0 Å². The zero-order valence-electron chi connectivity index (χ0n) is 16.9. The molecule has 3 aromatic rings. The van der Waals surface area contributed by atoms with E-state index in [1.165, 1.54) is 5.56 Å². The number of benzene rings is 2. The average Bonchev–Trinajstić information content (AvgIpc) is 3.46. The molecule has 0 spiro atoms. The standard InChI is InChI=1S/C24H23N3O2S/c1-15-12-19(14-30-15)23(28)25-20-10-8-17(9-11-20)16(2)26-27-24(29)22-13-21(22)18-6-4-3-5-7-18/h3-12,14,21-22H,13H2,1-2H3,(H,25,28)(H,27,29)/b26-16-. The molecule has 30 heavy (non-hydrogen) atoms. The summed E-state index contributed by atoms with van der Waals surface area (Å²) in [5.74, 6) is 0.110. The second kappa shape index (κ2) is 8.63. The van der Waals surface area contributed by atoms with E-state index < -0.39 is 0 Å². The van der Waals surface area contributed by atoms with Crippen LogP contribution >= 0.6 is 11.3 Å². The Balaban J connectivity index is 1.32. The SMILES string of the molecule is C/C(=N/NC(=O)C1CC1c1ccccc1)c1ccc(NC(=O)c2csc(C)c2)cc1. The molecule has 1 aliphatic carbocycles. The third-order valence-electron chi connectivity index (χ3n) is 5.24. The number of carbonyl (C=O) groups excluding carboxylic acids is 2. The zero-order chi connectivity index (χ0) is 21.1. The zero-order valence-corrected chi connectivity index (χ0v) is 17.7. The third-order valence-corrected chi connectivity index (χ3v) is 6.10. The highest BCUT2D eigenvalue weighted by molar-refractivity contribution is 7.10. The number of aryl methyl sites for hydroxylation is 1. The molecular formula is C24H23N3O2S. The molecule has 2 N–H and O–H groups in total. The maximum Gasteiger partial charge on any atom is 0.256 e. The van der Waals surface area contributed by atoms with Crippen LogP contribution in [0.5, 0.6) is 0 Å². The molecule has 1 fully saturated rings. The minimum atomic E-state index is -0.123. The largest absolute Gasteiger partial charge is 0.322 e. The summed E-state index contributed by atoms with van der Waals surface area (Å²) < 4.78 is 0. The number of rotatable bonds is 6. The normalized spacial score (nSPS) is 18.0. The first-order valence-corrected chi connectivity index (χ1v) is 10.8. The van der Waals surface area contributed by atoms with Gasteiger partial charge in [-0.1, -0.05) is 42.5 Å². The van der Waals surface area contributed by atoms with Crippen molar-refractivity contribution in [3.8, 4) is 0 Å². The summed E-state index contributed by atoms with van der Waals surface area (Å²) in [5.41, 5.74) is 6.87. The van der Waals surface area contributed by atoms with Gasteiger partial charge in [-0.3, -0.25) is 9.59 Å². The van der Waals surface area contributed by atoms with Crippen LogP contribution in [0.1, 0.15) is 45.6 Å². The maximum absolute atomic E-state index is 12.4. The third kappa shape index (κ3) is 4.66. The van der Waals surface area contributed by atoms with E-state index in [9.17, 15) is 9.59 Å². The van der Waals surface area contributed by atoms with Gasteiger partial charge in [-0.05, 0) is 55.5 Å². The Bertz CT molecular complexity index is 1090. The Hall–Kier alpha value is -3.25. The van der Waals surface area contributed by atoms with Crippen molar-refractivity contribution in [2.75, 3.05) is 5.32 Å². The molecule has 0 radical (unpaired) electrons. The Morgan fingerprint density at radius 3 is 2.43 bits per heavy atom. The second-order valence-corrected chi connectivity index (χ2v) is 8.63. The van der Waals surface area contributed by atoms with Gasteiger partial charge in [0.05, 0.1) is 11.3 Å². The van der Waals surface area contributed by atoms with Crippen molar-refractivity contribution in [3.05, 3.63) is 87.6 Å². The summed E-state index contributed by atoms with van der Waals surface area (Å²) in [4.78, 5) is 25.7. The van der Waals surface area contributed by atoms with E-state index >= 15 is 0 Å². The van der Waals surface area contributed by atoms with Crippen LogP contribution in [0.2, 0.25) is 0 Å². The number of anilines is 1. The highest BCUT2D eigenvalue weighted by atomic mass is 32.1. The number of hydrazone groups is 1. The van der Waals surface area contributed by atoms with Crippen molar-refractivity contribution >= 4 is 34.6 Å². The summed E-state index contributed by atoms with van der Waals surface area (Å²) in [5, 5.41) is 8.99. The van der Waals surface area contributed by atoms with Gasteiger partial charge >= 0.3 is 0 Å². The van der Waals surface area contributed by atoms with Gasteiger partial charge in [0, 0.05) is 21.9 Å². The smallest absolute Gasteiger partial charge is 0.256 e. The van der Waals surface area contributed by atoms with E-state index in [2.05, 4.69) is 28.0 Å². The molecule has 0 bridgehead atoms. The van der Waals surface area contributed by atoms with Gasteiger partial charge in [-0.25, -0.2) is 5.43 Å². The predicted octanol–water partition coefficient (Wildman–Crippen LogP) is 4.95. The lowest BCUT2D eigenvalue weighted by atomic mass is 10.1. The van der Waals surface area contributed by atoms with Gasteiger partial charge in [-0.15, -0.1) is 11.3 Å². The number of nitrogens with zero attached hydrogens (tertiary/aromatic N) is 1. The Labute approximate surface area is 179 Å². The van der Waals surface area contributed by atoms with E-state index in [1.54, 1.807) is 11.3 Å². The minimum Gasteiger partial charge on any atom is -0.322 e. The molecule has 2 amide bonds. The molecule has 1 heterocycles. The summed E-state index contributed by atoms with van der Waals surface area (Å²) in [6.07, 6.45) is 0.864. The molecule has 1 saturated carbocycles. The minimum absolute atomic E-state index is 0.0118. The highest BCUT2D eigenvalue weighted by Gasteiger charge is 2.43. The second-order valence-electron chi connectivity index (χ2n) is 7.51. The lowest BCUT2D eigenvalue weighted by molar-refractivity contribution is -0.122. The van der Waals surface area contributed by atoms with Gasteiger partial charge in [0.1, 0.15) is 0 Å². The molecule has 0 aliphatic heterocycles. The number of carbonyl (C=O) groups is 2. The van der Waals surface area contributed by atoms with Gasteiger partial charge in [-0.2, -0.15) is 5.10 Å². The van der Waals surface area contributed by atoms with Crippen LogP contribution in [0.4, 0.5) is 5.69 Å². The Morgan fingerprint density at radius 2 is 1.77 bits per heavy atom. The van der Waals surface area contributed by atoms with Gasteiger partial charge in [0.15, 0.2) is 0 Å². The molecule has 1 aliphatic rings. The van der Waals surface area contributed by atoms with Crippen LogP contribution < -0.4 is 10.7 Å². The van der Waals surface area contributed by atoms with E-state index in [4.69, 9.17) is 0 Å². The van der Waals surface area contributed by atoms with E-state index in [1.807, 2.05) is 67.8 Å². The van der Waals surface area contributed by atoms with Crippen LogP contribution in [-0.4, -0.2) is 17.5 Å². The van der Waals surface area contributed by atoms with Gasteiger partial charge < -0.3 is 5.32 Å². The quantitative estimate of drug-likeness (QED) is 0.440. The molecule has 5 nitrogen and oxygen atoms in total. The summed E-state index contributed by atoms with van der Waals surface area (Å²) >= 11 is 1.55. The van der Waals surface area contributed by atoms with Crippen molar-refractivity contribution in [1.82, 2.24) is 5.43 Å². The van der Waals surface area contributed by atoms with Crippen molar-refractivity contribution in [3.63, 3.8) is 0 Å². The predicted molar refractivity (Wildman–Crippen MR) is 121 cm³/mol. The molecular weight excluding hydrogens is 394 g/mol. The van der Waals surface area contributed by atoms with Crippen LogP contribution in [0, 0.1) is 12.8 Å². The first kappa shape index (κ1) is 20.0. The molecule has 152 valence electrons. The molecule has 2 unspecified atom stereocenters. The number of hydrogen-bond acceptors (Lipinski definition) is 4. The molecule has 0 saturated heterocycles. The fourth-order valence-corrected chi connectivity index (χ4v) is 4.08.